The van der Waals surface area contributed by atoms with Crippen LogP contribution in [-0.4, -0.2) is 24.9 Å². The standard InChI is InChI=1S/C21H22N2O4/c1-13-7-6-8-14(2)17(13)23-20(26)21(11-12-21)19(25)22-16-10-5-4-9-15(16)18(24)27-3/h4-10H,11-12H2,1-3H3,(H,22,25)(H,23,26). The van der Waals surface area contributed by atoms with Crippen molar-refractivity contribution < 1.29 is 19.1 Å². The van der Waals surface area contributed by atoms with E-state index >= 15 is 0 Å². The van der Waals surface area contributed by atoms with Gasteiger partial charge in [-0.25, -0.2) is 4.79 Å². The highest BCUT2D eigenvalue weighted by Crippen LogP contribution is 2.48. The molecule has 6 heteroatoms. The minimum atomic E-state index is -1.11. The molecule has 1 saturated carbocycles. The van der Waals surface area contributed by atoms with Crippen molar-refractivity contribution in [2.75, 3.05) is 17.7 Å². The average Bonchev–Trinajstić information content (AvgIpc) is 3.46. The number of aryl methyl sites for hydroxylation is 2. The third-order valence-electron chi connectivity index (χ3n) is 4.92. The van der Waals surface area contributed by atoms with Gasteiger partial charge in [0.25, 0.3) is 0 Å². The Hall–Kier alpha value is -3.15. The molecule has 0 radical (unpaired) electrons. The van der Waals surface area contributed by atoms with Gasteiger partial charge in [-0.3, -0.25) is 9.59 Å². The minimum absolute atomic E-state index is 0.249. The minimum Gasteiger partial charge on any atom is -0.465 e. The van der Waals surface area contributed by atoms with Gasteiger partial charge in [0, 0.05) is 5.69 Å². The molecule has 1 aliphatic rings. The zero-order chi connectivity index (χ0) is 19.6. The van der Waals surface area contributed by atoms with Gasteiger partial charge in [-0.1, -0.05) is 30.3 Å². The van der Waals surface area contributed by atoms with Gasteiger partial charge in [0.2, 0.25) is 11.8 Å². The fourth-order valence-electron chi connectivity index (χ4n) is 3.05. The normalized spacial score (nSPS) is 14.2. The van der Waals surface area contributed by atoms with E-state index in [1.165, 1.54) is 7.11 Å². The fraction of sp³-hybridized carbons (Fsp3) is 0.286. The maximum atomic E-state index is 12.8. The smallest absolute Gasteiger partial charge is 0.339 e. The SMILES string of the molecule is COC(=O)c1ccccc1NC(=O)C1(C(=O)Nc2c(C)cccc2C)CC1. The maximum Gasteiger partial charge on any atom is 0.339 e. The largest absolute Gasteiger partial charge is 0.465 e. The van der Waals surface area contributed by atoms with Gasteiger partial charge >= 0.3 is 5.97 Å². The van der Waals surface area contributed by atoms with Crippen LogP contribution in [0.2, 0.25) is 0 Å². The summed E-state index contributed by atoms with van der Waals surface area (Å²) in [5.41, 5.74) is 2.08. The number of nitrogens with one attached hydrogen (secondary N) is 2. The molecule has 27 heavy (non-hydrogen) atoms. The monoisotopic (exact) mass is 366 g/mol. The van der Waals surface area contributed by atoms with E-state index in [2.05, 4.69) is 10.6 Å². The predicted molar refractivity (Wildman–Crippen MR) is 103 cm³/mol. The van der Waals surface area contributed by atoms with Crippen molar-refractivity contribution in [2.24, 2.45) is 5.41 Å². The first-order valence-corrected chi connectivity index (χ1v) is 8.75. The van der Waals surface area contributed by atoms with Crippen LogP contribution in [0.25, 0.3) is 0 Å². The topological polar surface area (TPSA) is 84.5 Å². The third kappa shape index (κ3) is 3.56. The number of benzene rings is 2. The quantitative estimate of drug-likeness (QED) is 0.627. The highest BCUT2D eigenvalue weighted by Gasteiger charge is 2.56. The Morgan fingerprint density at radius 3 is 2.07 bits per heavy atom. The molecule has 0 aliphatic heterocycles. The molecule has 0 saturated heterocycles. The van der Waals surface area contributed by atoms with Gasteiger partial charge in [0.05, 0.1) is 18.4 Å². The number of ether oxygens (including phenoxy) is 1. The molecule has 0 aromatic heterocycles. The molecule has 0 heterocycles. The summed E-state index contributed by atoms with van der Waals surface area (Å²) in [7, 11) is 1.28. The van der Waals surface area contributed by atoms with Crippen LogP contribution in [0.4, 0.5) is 11.4 Å². The lowest BCUT2D eigenvalue weighted by atomic mass is 10.0. The Kier molecular flexibility index (Phi) is 4.99. The van der Waals surface area contributed by atoms with Gasteiger partial charge in [-0.2, -0.15) is 0 Å². The molecule has 0 unspecified atom stereocenters. The van der Waals surface area contributed by atoms with Crippen molar-refractivity contribution >= 4 is 29.2 Å². The second-order valence-corrected chi connectivity index (χ2v) is 6.79. The second-order valence-electron chi connectivity index (χ2n) is 6.79. The number of carbonyl (C=O) groups is 3. The van der Waals surface area contributed by atoms with Gasteiger partial charge < -0.3 is 15.4 Å². The summed E-state index contributed by atoms with van der Waals surface area (Å²) in [5, 5.41) is 5.63. The zero-order valence-corrected chi connectivity index (χ0v) is 15.6. The first-order chi connectivity index (χ1) is 12.9. The lowest BCUT2D eigenvalue weighted by molar-refractivity contribution is -0.131. The van der Waals surface area contributed by atoms with Crippen LogP contribution >= 0.6 is 0 Å². The number of rotatable bonds is 5. The molecule has 1 aliphatic carbocycles. The maximum absolute atomic E-state index is 12.8. The Balaban J connectivity index is 1.79. The Morgan fingerprint density at radius 2 is 1.48 bits per heavy atom. The van der Waals surface area contributed by atoms with E-state index in [4.69, 9.17) is 4.74 Å². The molecule has 2 N–H and O–H groups in total. The van der Waals surface area contributed by atoms with E-state index < -0.39 is 17.3 Å². The van der Waals surface area contributed by atoms with Gasteiger partial charge in [0.1, 0.15) is 5.41 Å². The van der Waals surface area contributed by atoms with E-state index in [9.17, 15) is 14.4 Å². The summed E-state index contributed by atoms with van der Waals surface area (Å²) in [4.78, 5) is 37.6. The molecule has 140 valence electrons. The first-order valence-electron chi connectivity index (χ1n) is 8.75. The van der Waals surface area contributed by atoms with Crippen LogP contribution in [0, 0.1) is 19.3 Å². The van der Waals surface area contributed by atoms with Crippen molar-refractivity contribution in [3.8, 4) is 0 Å². The van der Waals surface area contributed by atoms with E-state index in [1.54, 1.807) is 24.3 Å². The molecule has 2 aromatic rings. The average molecular weight is 366 g/mol. The Labute approximate surface area is 157 Å². The van der Waals surface area contributed by atoms with E-state index in [0.29, 0.717) is 18.5 Å². The van der Waals surface area contributed by atoms with E-state index in [1.807, 2.05) is 32.0 Å². The predicted octanol–water partition coefficient (Wildman–Crippen LogP) is 3.45. The number of hydrogen-bond donors (Lipinski definition) is 2. The lowest BCUT2D eigenvalue weighted by Crippen LogP contribution is -2.36. The molecule has 3 rings (SSSR count). The summed E-state index contributed by atoms with van der Waals surface area (Å²) >= 11 is 0. The fourth-order valence-corrected chi connectivity index (χ4v) is 3.05. The highest BCUT2D eigenvalue weighted by molar-refractivity contribution is 6.18. The van der Waals surface area contributed by atoms with Crippen LogP contribution in [0.5, 0.6) is 0 Å². The number of hydrogen-bond acceptors (Lipinski definition) is 4. The Morgan fingerprint density at radius 1 is 0.889 bits per heavy atom. The summed E-state index contributed by atoms with van der Waals surface area (Å²) in [6, 6.07) is 12.3. The van der Waals surface area contributed by atoms with E-state index in [-0.39, 0.29) is 11.5 Å². The number of esters is 1. The molecular formula is C21H22N2O4. The molecule has 0 spiro atoms. The van der Waals surface area contributed by atoms with Gasteiger partial charge in [-0.05, 0) is 49.9 Å². The molecule has 6 nitrogen and oxygen atoms in total. The van der Waals surface area contributed by atoms with Crippen LogP contribution in [-0.2, 0) is 14.3 Å². The van der Waals surface area contributed by atoms with Crippen LogP contribution in [0.3, 0.4) is 0 Å². The summed E-state index contributed by atoms with van der Waals surface area (Å²) < 4.78 is 4.74. The van der Waals surface area contributed by atoms with E-state index in [0.717, 1.165) is 16.8 Å². The molecule has 0 bridgehead atoms. The van der Waals surface area contributed by atoms with Crippen LogP contribution < -0.4 is 10.6 Å². The van der Waals surface area contributed by atoms with Gasteiger partial charge in [0.15, 0.2) is 0 Å². The van der Waals surface area contributed by atoms with Crippen LogP contribution in [0.15, 0.2) is 42.5 Å². The van der Waals surface area contributed by atoms with Crippen molar-refractivity contribution in [3.63, 3.8) is 0 Å². The first kappa shape index (κ1) is 18.6. The molecule has 2 aromatic carbocycles. The lowest BCUT2D eigenvalue weighted by Gasteiger charge is -2.18. The third-order valence-corrected chi connectivity index (χ3v) is 4.92. The number of methoxy groups -OCH3 is 1. The van der Waals surface area contributed by atoms with Crippen molar-refractivity contribution in [1.82, 2.24) is 0 Å². The highest BCUT2D eigenvalue weighted by atomic mass is 16.5. The van der Waals surface area contributed by atoms with Crippen LogP contribution in [0.1, 0.15) is 34.3 Å². The molecule has 0 atom stereocenters. The second kappa shape index (κ2) is 7.23. The zero-order valence-electron chi connectivity index (χ0n) is 15.6. The summed E-state index contributed by atoms with van der Waals surface area (Å²) in [6.07, 6.45) is 0.936. The summed E-state index contributed by atoms with van der Waals surface area (Å²) in [5.74, 6) is -1.29. The number of para-hydroxylation sites is 2. The summed E-state index contributed by atoms with van der Waals surface area (Å²) in [6.45, 7) is 3.82. The molecular weight excluding hydrogens is 344 g/mol. The Bertz CT molecular complexity index is 896. The molecule has 2 amide bonds. The number of anilines is 2. The number of amides is 2. The van der Waals surface area contributed by atoms with Gasteiger partial charge in [-0.15, -0.1) is 0 Å². The van der Waals surface area contributed by atoms with Crippen molar-refractivity contribution in [3.05, 3.63) is 59.2 Å². The molecule has 1 fully saturated rings. The van der Waals surface area contributed by atoms with Crippen molar-refractivity contribution in [1.29, 1.82) is 0 Å². The van der Waals surface area contributed by atoms with Crippen molar-refractivity contribution in [2.45, 2.75) is 26.7 Å². The number of carbonyl (C=O) groups excluding carboxylic acids is 3.